The highest BCUT2D eigenvalue weighted by molar-refractivity contribution is 5.82. The van der Waals surface area contributed by atoms with Crippen LogP contribution in [0, 0.1) is 6.92 Å². The molecule has 2 aromatic carbocycles. The molecule has 3 aromatic rings. The first-order chi connectivity index (χ1) is 10.3. The number of nitrogens with zero attached hydrogens (tertiary/aromatic N) is 1. The normalized spacial score (nSPS) is 12.5. The molecule has 0 aliphatic carbocycles. The van der Waals surface area contributed by atoms with Gasteiger partial charge < -0.3 is 0 Å². The van der Waals surface area contributed by atoms with Crippen molar-refractivity contribution in [3.63, 3.8) is 0 Å². The van der Waals surface area contributed by atoms with Gasteiger partial charge in [0.15, 0.2) is 0 Å². The standard InChI is InChI=1S/C18H19N3/c1-13-5-2-6-14(11-13)12-17(21-19)16-9-3-7-15-8-4-10-20-18(15)16/h2-11,17,21H,12,19H2,1H3. The molecular formula is C18H19N3. The zero-order valence-corrected chi connectivity index (χ0v) is 12.1. The minimum Gasteiger partial charge on any atom is -0.271 e. The fourth-order valence-electron chi connectivity index (χ4n) is 2.74. The van der Waals surface area contributed by atoms with Gasteiger partial charge in [-0.05, 0) is 30.5 Å². The number of aromatic nitrogens is 1. The lowest BCUT2D eigenvalue weighted by Gasteiger charge is -2.18. The van der Waals surface area contributed by atoms with E-state index in [2.05, 4.69) is 65.9 Å². The van der Waals surface area contributed by atoms with Crippen LogP contribution in [0.1, 0.15) is 22.7 Å². The van der Waals surface area contributed by atoms with Crippen LogP contribution in [0.15, 0.2) is 60.8 Å². The van der Waals surface area contributed by atoms with E-state index < -0.39 is 0 Å². The Balaban J connectivity index is 1.98. The Hall–Kier alpha value is -2.23. The van der Waals surface area contributed by atoms with E-state index in [0.29, 0.717) is 0 Å². The first-order valence-electron chi connectivity index (χ1n) is 7.13. The summed E-state index contributed by atoms with van der Waals surface area (Å²) < 4.78 is 0. The van der Waals surface area contributed by atoms with Gasteiger partial charge in [0.05, 0.1) is 11.6 Å². The van der Waals surface area contributed by atoms with Gasteiger partial charge in [0.25, 0.3) is 0 Å². The van der Waals surface area contributed by atoms with E-state index in [4.69, 9.17) is 5.84 Å². The van der Waals surface area contributed by atoms with Gasteiger partial charge in [-0.1, -0.05) is 54.1 Å². The molecule has 106 valence electrons. The summed E-state index contributed by atoms with van der Waals surface area (Å²) in [6, 6.07) is 18.8. The number of benzene rings is 2. The van der Waals surface area contributed by atoms with Crippen molar-refractivity contribution in [1.29, 1.82) is 0 Å². The zero-order chi connectivity index (χ0) is 14.7. The van der Waals surface area contributed by atoms with Crippen molar-refractivity contribution in [2.24, 2.45) is 5.84 Å². The van der Waals surface area contributed by atoms with E-state index in [1.54, 1.807) is 0 Å². The van der Waals surface area contributed by atoms with Crippen LogP contribution in [-0.2, 0) is 6.42 Å². The highest BCUT2D eigenvalue weighted by Crippen LogP contribution is 2.25. The van der Waals surface area contributed by atoms with E-state index >= 15 is 0 Å². The third kappa shape index (κ3) is 2.94. The lowest BCUT2D eigenvalue weighted by atomic mass is 9.96. The second kappa shape index (κ2) is 6.04. The molecule has 3 rings (SSSR count). The number of nitrogens with one attached hydrogen (secondary N) is 1. The van der Waals surface area contributed by atoms with E-state index in [0.717, 1.165) is 22.9 Å². The van der Waals surface area contributed by atoms with E-state index in [-0.39, 0.29) is 6.04 Å². The van der Waals surface area contributed by atoms with Crippen LogP contribution in [-0.4, -0.2) is 4.98 Å². The molecule has 3 heteroatoms. The van der Waals surface area contributed by atoms with Gasteiger partial charge in [0.2, 0.25) is 0 Å². The molecule has 0 radical (unpaired) electrons. The predicted molar refractivity (Wildman–Crippen MR) is 86.7 cm³/mol. The molecule has 21 heavy (non-hydrogen) atoms. The highest BCUT2D eigenvalue weighted by atomic mass is 15.2. The Kier molecular flexibility index (Phi) is 3.95. The number of hydrogen-bond acceptors (Lipinski definition) is 3. The molecule has 0 bridgehead atoms. The molecule has 0 amide bonds. The number of hydrazine groups is 1. The quantitative estimate of drug-likeness (QED) is 0.568. The Labute approximate surface area is 124 Å². The van der Waals surface area contributed by atoms with Crippen molar-refractivity contribution in [3.05, 3.63) is 77.5 Å². The topological polar surface area (TPSA) is 50.9 Å². The van der Waals surface area contributed by atoms with E-state index in [1.165, 1.54) is 11.1 Å². The third-order valence-corrected chi connectivity index (χ3v) is 3.76. The smallest absolute Gasteiger partial charge is 0.0750 e. The molecule has 3 nitrogen and oxygen atoms in total. The average Bonchev–Trinajstić information content (AvgIpc) is 2.52. The monoisotopic (exact) mass is 277 g/mol. The van der Waals surface area contributed by atoms with Crippen LogP contribution in [0.25, 0.3) is 10.9 Å². The largest absolute Gasteiger partial charge is 0.271 e. The van der Waals surface area contributed by atoms with Gasteiger partial charge in [0.1, 0.15) is 0 Å². The molecule has 0 aliphatic rings. The van der Waals surface area contributed by atoms with Crippen LogP contribution in [0.4, 0.5) is 0 Å². The molecule has 0 saturated carbocycles. The molecule has 1 aromatic heterocycles. The molecule has 1 atom stereocenters. The van der Waals surface area contributed by atoms with Crippen LogP contribution in [0.5, 0.6) is 0 Å². The molecule has 0 aliphatic heterocycles. The maximum atomic E-state index is 5.80. The predicted octanol–water partition coefficient (Wildman–Crippen LogP) is 3.29. The fourth-order valence-corrected chi connectivity index (χ4v) is 2.74. The van der Waals surface area contributed by atoms with E-state index in [9.17, 15) is 0 Å². The SMILES string of the molecule is Cc1cccc(CC(NN)c2cccc3cccnc23)c1. The minimum atomic E-state index is 0.0467. The van der Waals surface area contributed by atoms with Crippen molar-refractivity contribution in [2.45, 2.75) is 19.4 Å². The summed E-state index contributed by atoms with van der Waals surface area (Å²) in [4.78, 5) is 4.51. The van der Waals surface area contributed by atoms with Gasteiger partial charge in [-0.25, -0.2) is 0 Å². The molecule has 1 unspecified atom stereocenters. The Morgan fingerprint density at radius 1 is 1.10 bits per heavy atom. The molecule has 0 fully saturated rings. The number of aryl methyl sites for hydroxylation is 1. The fraction of sp³-hybridized carbons (Fsp3) is 0.167. The number of pyridine rings is 1. The first kappa shape index (κ1) is 13.7. The zero-order valence-electron chi connectivity index (χ0n) is 12.1. The Morgan fingerprint density at radius 2 is 1.90 bits per heavy atom. The summed E-state index contributed by atoms with van der Waals surface area (Å²) in [7, 11) is 0. The van der Waals surface area contributed by atoms with Gasteiger partial charge in [-0.2, -0.15) is 0 Å². The summed E-state index contributed by atoms with van der Waals surface area (Å²) in [5.74, 6) is 5.80. The lowest BCUT2D eigenvalue weighted by molar-refractivity contribution is 0.554. The summed E-state index contributed by atoms with van der Waals surface area (Å²) in [5.41, 5.74) is 7.62. The minimum absolute atomic E-state index is 0.0467. The van der Waals surface area contributed by atoms with Gasteiger partial charge in [0, 0.05) is 11.6 Å². The summed E-state index contributed by atoms with van der Waals surface area (Å²) >= 11 is 0. The number of hydrogen-bond donors (Lipinski definition) is 2. The van der Waals surface area contributed by atoms with Crippen molar-refractivity contribution >= 4 is 10.9 Å². The number of para-hydroxylation sites is 1. The molecule has 3 N–H and O–H groups in total. The second-order valence-corrected chi connectivity index (χ2v) is 5.33. The Morgan fingerprint density at radius 3 is 2.71 bits per heavy atom. The van der Waals surface area contributed by atoms with Gasteiger partial charge >= 0.3 is 0 Å². The van der Waals surface area contributed by atoms with Crippen LogP contribution in [0.3, 0.4) is 0 Å². The third-order valence-electron chi connectivity index (χ3n) is 3.76. The van der Waals surface area contributed by atoms with Crippen molar-refractivity contribution in [1.82, 2.24) is 10.4 Å². The lowest BCUT2D eigenvalue weighted by Crippen LogP contribution is -2.29. The van der Waals surface area contributed by atoms with Crippen molar-refractivity contribution in [3.8, 4) is 0 Å². The van der Waals surface area contributed by atoms with Crippen molar-refractivity contribution < 1.29 is 0 Å². The molecule has 0 saturated heterocycles. The van der Waals surface area contributed by atoms with Crippen LogP contribution in [0.2, 0.25) is 0 Å². The van der Waals surface area contributed by atoms with Crippen molar-refractivity contribution in [2.75, 3.05) is 0 Å². The highest BCUT2D eigenvalue weighted by Gasteiger charge is 2.14. The molecular weight excluding hydrogens is 258 g/mol. The molecule has 0 spiro atoms. The van der Waals surface area contributed by atoms with E-state index in [1.807, 2.05) is 12.3 Å². The maximum absolute atomic E-state index is 5.80. The van der Waals surface area contributed by atoms with Crippen LogP contribution >= 0.6 is 0 Å². The summed E-state index contributed by atoms with van der Waals surface area (Å²) in [6.45, 7) is 2.11. The number of fused-ring (bicyclic) bond motifs is 1. The molecule has 1 heterocycles. The van der Waals surface area contributed by atoms with Crippen LogP contribution < -0.4 is 11.3 Å². The summed E-state index contributed by atoms with van der Waals surface area (Å²) in [6.07, 6.45) is 2.67. The second-order valence-electron chi connectivity index (χ2n) is 5.33. The van der Waals surface area contributed by atoms with Gasteiger partial charge in [-0.15, -0.1) is 0 Å². The first-order valence-corrected chi connectivity index (χ1v) is 7.13. The average molecular weight is 277 g/mol. The number of nitrogens with two attached hydrogens (primary N) is 1. The van der Waals surface area contributed by atoms with Gasteiger partial charge in [-0.3, -0.25) is 16.3 Å². The number of rotatable bonds is 4. The Bertz CT molecular complexity index is 747. The summed E-state index contributed by atoms with van der Waals surface area (Å²) in [5, 5.41) is 1.14. The maximum Gasteiger partial charge on any atom is 0.0750 e.